The zero-order valence-electron chi connectivity index (χ0n) is 13.0. The number of carboxylic acids is 1. The van der Waals surface area contributed by atoms with E-state index >= 15 is 0 Å². The lowest BCUT2D eigenvalue weighted by Gasteiger charge is -2.17. The molecule has 1 aromatic carbocycles. The molecule has 2 N–H and O–H groups in total. The van der Waals surface area contributed by atoms with Gasteiger partial charge in [0.15, 0.2) is 0 Å². The van der Waals surface area contributed by atoms with E-state index in [1.807, 2.05) is 12.1 Å². The number of thioether (sulfide) groups is 1. The van der Waals surface area contributed by atoms with Gasteiger partial charge in [-0.1, -0.05) is 32.4 Å². The van der Waals surface area contributed by atoms with Crippen LogP contribution in [-0.2, 0) is 9.59 Å². The molecule has 1 fully saturated rings. The van der Waals surface area contributed by atoms with Crippen molar-refractivity contribution in [3.63, 3.8) is 0 Å². The van der Waals surface area contributed by atoms with Crippen LogP contribution in [0.1, 0.15) is 44.6 Å². The van der Waals surface area contributed by atoms with Crippen LogP contribution in [0.4, 0.5) is 0 Å². The molecule has 1 amide bonds. The molecule has 0 unspecified atom stereocenters. The molecular formula is C17H23NO3S. The molecule has 120 valence electrons. The van der Waals surface area contributed by atoms with Crippen LogP contribution in [0.3, 0.4) is 0 Å². The first-order chi connectivity index (χ1) is 10.5. The standard InChI is InChI=1S/C17H23NO3S/c1-11(2)12-6-8-13(9-7-12)22-10-16(19)18-15-5-3-4-14(15)17(20)21/h6-9,11,14-15H,3-5,10H2,1-2H3,(H,18,19)(H,20,21)/t14-,15+/m0/s1. The first kappa shape index (κ1) is 16.9. The van der Waals surface area contributed by atoms with E-state index in [2.05, 4.69) is 31.3 Å². The molecule has 4 nitrogen and oxygen atoms in total. The van der Waals surface area contributed by atoms with Crippen LogP contribution in [0.5, 0.6) is 0 Å². The van der Waals surface area contributed by atoms with Crippen molar-refractivity contribution in [2.24, 2.45) is 5.92 Å². The Morgan fingerprint density at radius 1 is 1.27 bits per heavy atom. The molecule has 0 aromatic heterocycles. The lowest BCUT2D eigenvalue weighted by atomic mass is 10.0. The lowest BCUT2D eigenvalue weighted by molar-refractivity contribution is -0.142. The molecule has 0 saturated heterocycles. The Morgan fingerprint density at radius 2 is 1.95 bits per heavy atom. The zero-order valence-corrected chi connectivity index (χ0v) is 13.9. The van der Waals surface area contributed by atoms with Crippen molar-refractivity contribution in [2.45, 2.75) is 50.0 Å². The molecule has 0 bridgehead atoms. The lowest BCUT2D eigenvalue weighted by Crippen LogP contribution is -2.40. The zero-order chi connectivity index (χ0) is 16.1. The summed E-state index contributed by atoms with van der Waals surface area (Å²) < 4.78 is 0. The van der Waals surface area contributed by atoms with Gasteiger partial charge < -0.3 is 10.4 Å². The molecule has 2 atom stereocenters. The molecular weight excluding hydrogens is 298 g/mol. The van der Waals surface area contributed by atoms with Crippen LogP contribution < -0.4 is 5.32 Å². The molecule has 5 heteroatoms. The highest BCUT2D eigenvalue weighted by atomic mass is 32.2. The summed E-state index contributed by atoms with van der Waals surface area (Å²) in [6, 6.07) is 8.02. The van der Waals surface area contributed by atoms with Crippen molar-refractivity contribution in [2.75, 3.05) is 5.75 Å². The minimum atomic E-state index is -0.806. The van der Waals surface area contributed by atoms with E-state index in [9.17, 15) is 9.59 Å². The fourth-order valence-corrected chi connectivity index (χ4v) is 3.48. The minimum absolute atomic E-state index is 0.0870. The second kappa shape index (κ2) is 7.68. The fraction of sp³-hybridized carbons (Fsp3) is 0.529. The van der Waals surface area contributed by atoms with Gasteiger partial charge in [-0.25, -0.2) is 0 Å². The normalized spacial score (nSPS) is 21.0. The molecule has 0 spiro atoms. The number of amides is 1. The highest BCUT2D eigenvalue weighted by molar-refractivity contribution is 8.00. The van der Waals surface area contributed by atoms with Crippen molar-refractivity contribution in [3.05, 3.63) is 29.8 Å². The fourth-order valence-electron chi connectivity index (χ4n) is 2.77. The largest absolute Gasteiger partial charge is 0.481 e. The van der Waals surface area contributed by atoms with E-state index in [-0.39, 0.29) is 11.9 Å². The molecule has 0 heterocycles. The Bertz CT molecular complexity index is 527. The van der Waals surface area contributed by atoms with Gasteiger partial charge in [-0.3, -0.25) is 9.59 Å². The van der Waals surface area contributed by atoms with E-state index < -0.39 is 11.9 Å². The maximum Gasteiger partial charge on any atom is 0.308 e. The van der Waals surface area contributed by atoms with Gasteiger partial charge in [-0.2, -0.15) is 0 Å². The molecule has 2 rings (SSSR count). The Labute approximate surface area is 135 Å². The van der Waals surface area contributed by atoms with Gasteiger partial charge in [0.2, 0.25) is 5.91 Å². The molecule has 0 aliphatic heterocycles. The molecule has 22 heavy (non-hydrogen) atoms. The van der Waals surface area contributed by atoms with Gasteiger partial charge >= 0.3 is 5.97 Å². The van der Waals surface area contributed by atoms with Crippen molar-refractivity contribution >= 4 is 23.6 Å². The molecule has 1 aliphatic rings. The number of rotatable bonds is 6. The van der Waals surface area contributed by atoms with Gasteiger partial charge in [-0.05, 0) is 36.5 Å². The summed E-state index contributed by atoms with van der Waals surface area (Å²) in [6.07, 6.45) is 2.28. The van der Waals surface area contributed by atoms with Crippen LogP contribution in [0.2, 0.25) is 0 Å². The Hall–Kier alpha value is -1.49. The van der Waals surface area contributed by atoms with Crippen molar-refractivity contribution < 1.29 is 14.7 Å². The Morgan fingerprint density at radius 3 is 2.55 bits per heavy atom. The summed E-state index contributed by atoms with van der Waals surface area (Å²) >= 11 is 1.48. The number of nitrogens with one attached hydrogen (secondary N) is 1. The predicted octanol–water partition coefficient (Wildman–Crippen LogP) is 3.27. The van der Waals surface area contributed by atoms with Gasteiger partial charge in [0.05, 0.1) is 11.7 Å². The minimum Gasteiger partial charge on any atom is -0.481 e. The van der Waals surface area contributed by atoms with Crippen LogP contribution in [-0.4, -0.2) is 28.8 Å². The summed E-state index contributed by atoms with van der Waals surface area (Å²) in [5.41, 5.74) is 1.28. The van der Waals surface area contributed by atoms with Crippen LogP contribution >= 0.6 is 11.8 Å². The van der Waals surface area contributed by atoms with Crippen molar-refractivity contribution in [1.82, 2.24) is 5.32 Å². The van der Waals surface area contributed by atoms with Crippen LogP contribution in [0, 0.1) is 5.92 Å². The summed E-state index contributed by atoms with van der Waals surface area (Å²) in [6.45, 7) is 4.30. The van der Waals surface area contributed by atoms with Gasteiger partial charge in [0, 0.05) is 10.9 Å². The number of carbonyl (C=O) groups excluding carboxylic acids is 1. The summed E-state index contributed by atoms with van der Waals surface area (Å²) in [5.74, 6) is -0.503. The van der Waals surface area contributed by atoms with Crippen LogP contribution in [0.15, 0.2) is 29.2 Å². The first-order valence-corrected chi connectivity index (χ1v) is 8.71. The number of hydrogen-bond donors (Lipinski definition) is 2. The third-order valence-corrected chi connectivity index (χ3v) is 5.11. The maximum atomic E-state index is 12.0. The molecule has 0 radical (unpaired) electrons. The van der Waals surface area contributed by atoms with Gasteiger partial charge in [0.25, 0.3) is 0 Å². The second-order valence-corrected chi connectivity index (χ2v) is 7.11. The summed E-state index contributed by atoms with van der Waals surface area (Å²) in [4.78, 5) is 24.2. The third kappa shape index (κ3) is 4.50. The van der Waals surface area contributed by atoms with Gasteiger partial charge in [-0.15, -0.1) is 11.8 Å². The van der Waals surface area contributed by atoms with Gasteiger partial charge in [0.1, 0.15) is 0 Å². The monoisotopic (exact) mass is 321 g/mol. The van der Waals surface area contributed by atoms with E-state index in [0.717, 1.165) is 17.7 Å². The third-order valence-electron chi connectivity index (χ3n) is 4.10. The predicted molar refractivity (Wildman–Crippen MR) is 88.2 cm³/mol. The highest BCUT2D eigenvalue weighted by Crippen LogP contribution is 2.26. The SMILES string of the molecule is CC(C)c1ccc(SCC(=O)N[C@@H]2CCC[C@@H]2C(=O)O)cc1. The first-order valence-electron chi connectivity index (χ1n) is 7.72. The Kier molecular flexibility index (Phi) is 5.89. The number of carboxylic acid groups (broad SMARTS) is 1. The topological polar surface area (TPSA) is 66.4 Å². The average Bonchev–Trinajstić information content (AvgIpc) is 2.94. The average molecular weight is 321 g/mol. The number of aliphatic carboxylic acids is 1. The van der Waals surface area contributed by atoms with Crippen molar-refractivity contribution in [1.29, 1.82) is 0 Å². The second-order valence-electron chi connectivity index (χ2n) is 6.06. The smallest absolute Gasteiger partial charge is 0.308 e. The molecule has 1 aromatic rings. The maximum absolute atomic E-state index is 12.0. The quantitative estimate of drug-likeness (QED) is 0.789. The van der Waals surface area contributed by atoms with Crippen LogP contribution in [0.25, 0.3) is 0 Å². The number of hydrogen-bond acceptors (Lipinski definition) is 3. The summed E-state index contributed by atoms with van der Waals surface area (Å²) in [5, 5.41) is 12.0. The van der Waals surface area contributed by atoms with E-state index in [0.29, 0.717) is 18.1 Å². The summed E-state index contributed by atoms with van der Waals surface area (Å²) in [7, 11) is 0. The molecule has 1 saturated carbocycles. The number of benzene rings is 1. The number of carbonyl (C=O) groups is 2. The van der Waals surface area contributed by atoms with E-state index in [1.54, 1.807) is 0 Å². The van der Waals surface area contributed by atoms with Crippen molar-refractivity contribution in [3.8, 4) is 0 Å². The Balaban J connectivity index is 1.81. The van der Waals surface area contributed by atoms with E-state index in [4.69, 9.17) is 5.11 Å². The van der Waals surface area contributed by atoms with E-state index in [1.165, 1.54) is 17.3 Å². The molecule has 1 aliphatic carbocycles. The highest BCUT2D eigenvalue weighted by Gasteiger charge is 2.33.